The lowest BCUT2D eigenvalue weighted by atomic mass is 9.67. The van der Waals surface area contributed by atoms with E-state index in [2.05, 4.69) is 40.9 Å². The predicted molar refractivity (Wildman–Crippen MR) is 125 cm³/mol. The molecule has 2 rings (SSSR count). The average molecular weight is 433 g/mol. The molecule has 2 fully saturated rings. The lowest BCUT2D eigenvalue weighted by molar-refractivity contribution is -0.167. The van der Waals surface area contributed by atoms with E-state index in [4.69, 9.17) is 9.47 Å². The van der Waals surface area contributed by atoms with E-state index in [1.54, 1.807) is 13.8 Å². The minimum atomic E-state index is -0.345. The van der Waals surface area contributed by atoms with Gasteiger partial charge in [0.05, 0.1) is 0 Å². The van der Waals surface area contributed by atoms with E-state index in [0.29, 0.717) is 34.8 Å². The molecule has 0 heterocycles. The molecule has 0 aromatic carbocycles. The van der Waals surface area contributed by atoms with Crippen LogP contribution in [-0.4, -0.2) is 23.1 Å². The normalized spacial score (nSPS) is 31.4. The molecule has 0 bridgehead atoms. The fraction of sp³-hybridized carbons (Fsp3) is 0.778. The van der Waals surface area contributed by atoms with Crippen molar-refractivity contribution in [1.29, 1.82) is 0 Å². The fourth-order valence-electron chi connectivity index (χ4n) is 5.41. The molecule has 0 saturated heterocycles. The maximum Gasteiger partial charge on any atom is 0.333 e. The summed E-state index contributed by atoms with van der Waals surface area (Å²) in [5.74, 6) is 1.47. The van der Waals surface area contributed by atoms with Crippen molar-refractivity contribution in [2.24, 2.45) is 23.7 Å². The van der Waals surface area contributed by atoms with Gasteiger partial charge in [-0.15, -0.1) is 0 Å². The summed E-state index contributed by atoms with van der Waals surface area (Å²) in [6.45, 7) is 19.6. The van der Waals surface area contributed by atoms with E-state index in [1.807, 2.05) is 0 Å². The zero-order valence-electron chi connectivity index (χ0n) is 20.7. The molecule has 0 aromatic heterocycles. The maximum atomic E-state index is 12.2. The maximum absolute atomic E-state index is 12.2. The Balaban J connectivity index is 1.91. The van der Waals surface area contributed by atoms with Crippen LogP contribution in [0.15, 0.2) is 24.3 Å². The van der Waals surface area contributed by atoms with Gasteiger partial charge in [0.15, 0.2) is 0 Å². The summed E-state index contributed by atoms with van der Waals surface area (Å²) in [5, 5.41) is 0. The van der Waals surface area contributed by atoms with Crippen molar-refractivity contribution in [2.75, 3.05) is 0 Å². The molecular formula is C27H44O4. The SMILES string of the molecule is C=C(C)C(=O)OC1(C(C)C)CCC(CC2CCC(OC(=O)C(=C)C)(C(C)C)CC2)CC1. The summed E-state index contributed by atoms with van der Waals surface area (Å²) in [6, 6.07) is 0. The summed E-state index contributed by atoms with van der Waals surface area (Å²) in [5.41, 5.74) is 0.265. The van der Waals surface area contributed by atoms with Gasteiger partial charge in [-0.05, 0) is 95.3 Å². The van der Waals surface area contributed by atoms with Crippen LogP contribution in [0, 0.1) is 23.7 Å². The molecule has 0 atom stereocenters. The molecule has 2 aliphatic carbocycles. The summed E-state index contributed by atoms with van der Waals surface area (Å²) in [7, 11) is 0. The van der Waals surface area contributed by atoms with Crippen molar-refractivity contribution < 1.29 is 19.1 Å². The number of carbonyl (C=O) groups excluding carboxylic acids is 2. The highest BCUT2D eigenvalue weighted by atomic mass is 16.6. The van der Waals surface area contributed by atoms with Gasteiger partial charge in [0.25, 0.3) is 0 Å². The monoisotopic (exact) mass is 432 g/mol. The Hall–Kier alpha value is -1.58. The number of hydrogen-bond donors (Lipinski definition) is 0. The van der Waals surface area contributed by atoms with Crippen molar-refractivity contribution >= 4 is 11.9 Å². The molecule has 0 radical (unpaired) electrons. The highest BCUT2D eigenvalue weighted by molar-refractivity contribution is 5.87. The topological polar surface area (TPSA) is 52.6 Å². The van der Waals surface area contributed by atoms with Crippen molar-refractivity contribution in [3.8, 4) is 0 Å². The van der Waals surface area contributed by atoms with Gasteiger partial charge in [-0.25, -0.2) is 9.59 Å². The van der Waals surface area contributed by atoms with Crippen LogP contribution >= 0.6 is 0 Å². The van der Waals surface area contributed by atoms with Crippen molar-refractivity contribution in [3.05, 3.63) is 24.3 Å². The Morgan fingerprint density at radius 1 is 0.742 bits per heavy atom. The second kappa shape index (κ2) is 10.4. The molecule has 4 nitrogen and oxygen atoms in total. The van der Waals surface area contributed by atoms with Crippen LogP contribution in [0.5, 0.6) is 0 Å². The van der Waals surface area contributed by atoms with Crippen LogP contribution in [-0.2, 0) is 19.1 Å². The van der Waals surface area contributed by atoms with Crippen LogP contribution in [0.4, 0.5) is 0 Å². The molecule has 0 N–H and O–H groups in total. The first-order valence-electron chi connectivity index (χ1n) is 12.2. The lowest BCUT2D eigenvalue weighted by Gasteiger charge is -2.45. The van der Waals surface area contributed by atoms with E-state index in [1.165, 1.54) is 6.42 Å². The Kier molecular flexibility index (Phi) is 8.58. The summed E-state index contributed by atoms with van der Waals surface area (Å²) >= 11 is 0. The Labute approximate surface area is 189 Å². The zero-order chi connectivity index (χ0) is 23.4. The van der Waals surface area contributed by atoms with Crippen LogP contribution in [0.2, 0.25) is 0 Å². The summed E-state index contributed by atoms with van der Waals surface area (Å²) in [4.78, 5) is 24.4. The van der Waals surface area contributed by atoms with Crippen LogP contribution in [0.25, 0.3) is 0 Å². The van der Waals surface area contributed by atoms with E-state index in [-0.39, 0.29) is 23.1 Å². The largest absolute Gasteiger partial charge is 0.455 e. The zero-order valence-corrected chi connectivity index (χ0v) is 20.7. The lowest BCUT2D eigenvalue weighted by Crippen LogP contribution is -2.45. The first-order chi connectivity index (χ1) is 14.4. The fourth-order valence-corrected chi connectivity index (χ4v) is 5.41. The van der Waals surface area contributed by atoms with Gasteiger partial charge in [0.1, 0.15) is 11.2 Å². The number of ether oxygens (including phenoxy) is 2. The van der Waals surface area contributed by atoms with E-state index in [0.717, 1.165) is 51.4 Å². The number of esters is 2. The van der Waals surface area contributed by atoms with Gasteiger partial charge in [-0.1, -0.05) is 40.9 Å². The van der Waals surface area contributed by atoms with Crippen LogP contribution in [0.1, 0.15) is 99.3 Å². The minimum absolute atomic E-state index is 0.256. The molecule has 0 unspecified atom stereocenters. The highest BCUT2D eigenvalue weighted by Gasteiger charge is 2.44. The number of carbonyl (C=O) groups is 2. The predicted octanol–water partition coefficient (Wildman–Crippen LogP) is 6.79. The third-order valence-electron chi connectivity index (χ3n) is 7.96. The van der Waals surface area contributed by atoms with Gasteiger partial charge in [0, 0.05) is 11.1 Å². The van der Waals surface area contributed by atoms with Gasteiger partial charge < -0.3 is 9.47 Å². The molecular weight excluding hydrogens is 388 g/mol. The first-order valence-corrected chi connectivity index (χ1v) is 12.2. The first kappa shape index (κ1) is 25.7. The van der Waals surface area contributed by atoms with Crippen molar-refractivity contribution in [3.63, 3.8) is 0 Å². The van der Waals surface area contributed by atoms with Crippen LogP contribution < -0.4 is 0 Å². The van der Waals surface area contributed by atoms with E-state index in [9.17, 15) is 9.59 Å². The van der Waals surface area contributed by atoms with Gasteiger partial charge in [-0.3, -0.25) is 0 Å². The molecule has 31 heavy (non-hydrogen) atoms. The molecule has 0 amide bonds. The molecule has 2 saturated carbocycles. The molecule has 0 aromatic rings. The molecule has 4 heteroatoms. The Morgan fingerprint density at radius 2 is 1.03 bits per heavy atom. The standard InChI is InChI=1S/C27H44O4/c1-18(2)24(28)30-26(20(5)6)13-9-22(10-14-26)17-23-11-15-27(16-12-23,21(7)8)31-25(29)19(3)4/h20-23H,1,3,9-17H2,2,4-8H3. The minimum Gasteiger partial charge on any atom is -0.455 e. The molecule has 0 spiro atoms. The summed E-state index contributed by atoms with van der Waals surface area (Å²) < 4.78 is 11.9. The molecule has 0 aliphatic heterocycles. The highest BCUT2D eigenvalue weighted by Crippen LogP contribution is 2.46. The Morgan fingerprint density at radius 3 is 1.26 bits per heavy atom. The second-order valence-corrected chi connectivity index (χ2v) is 10.9. The van der Waals surface area contributed by atoms with Crippen molar-refractivity contribution in [1.82, 2.24) is 0 Å². The van der Waals surface area contributed by atoms with Crippen LogP contribution in [0.3, 0.4) is 0 Å². The van der Waals surface area contributed by atoms with Crippen molar-refractivity contribution in [2.45, 2.75) is 111 Å². The molecule has 176 valence electrons. The third-order valence-corrected chi connectivity index (χ3v) is 7.96. The average Bonchev–Trinajstić information content (AvgIpc) is 2.70. The second-order valence-electron chi connectivity index (χ2n) is 10.9. The third kappa shape index (κ3) is 6.23. The van der Waals surface area contributed by atoms with Gasteiger partial charge in [0.2, 0.25) is 0 Å². The van der Waals surface area contributed by atoms with Gasteiger partial charge in [-0.2, -0.15) is 0 Å². The Bertz CT molecular complexity index is 613. The number of hydrogen-bond acceptors (Lipinski definition) is 4. The quantitative estimate of drug-likeness (QED) is 0.313. The van der Waals surface area contributed by atoms with Gasteiger partial charge >= 0.3 is 11.9 Å². The smallest absolute Gasteiger partial charge is 0.333 e. The van der Waals surface area contributed by atoms with E-state index < -0.39 is 0 Å². The molecule has 2 aliphatic rings. The van der Waals surface area contributed by atoms with E-state index >= 15 is 0 Å². The number of rotatable bonds is 8. The summed E-state index contributed by atoms with van der Waals surface area (Å²) in [6.07, 6.45) is 9.42.